The van der Waals surface area contributed by atoms with Crippen LogP contribution in [0.2, 0.25) is 0 Å². The molecule has 0 bridgehead atoms. The first kappa shape index (κ1) is 95.9. The van der Waals surface area contributed by atoms with Crippen LogP contribution in [0.4, 0.5) is 21.9 Å². The SMILES string of the molecule is CC(C)(C)C(=O)CN1C(=O)[C@H](NC(=O)Nc2cccc(C(=O)NCCCCCCCC(=O)C[C@H](CCC(=O)O)C(=O)N[C@H](CCC(=O)NC[C@H](O)[C@@H](O)[C@H](O)[C@H](O)CO)C(=O)C[C@H](CCC(=O)O)C(=O)C[C@H](CCC(=O)NC[C@H](O)[C@@H](O)[C@H](O)[C@H](O)CO)C(=O)C[C@@H](CS)C(=O)O)c2)CN(C2CCCCC2)c2ccccc21. The average Bonchev–Trinajstić information content (AvgIpc) is 1.62. The predicted molar refractivity (Wildman–Crippen MR) is 406 cm³/mol. The number of carboxylic acids is 3. The smallest absolute Gasteiger partial charge is 0.319 e. The number of urea groups is 1. The second-order valence-electron chi connectivity index (χ2n) is 29.8. The number of hydrogen-bond acceptors (Lipinski definition) is 26. The number of unbranched alkanes of at least 4 members (excludes halogenated alkanes) is 4. The van der Waals surface area contributed by atoms with E-state index >= 15 is 0 Å². The number of aliphatic carboxylic acids is 3. The molecule has 0 unspecified atom stereocenters. The summed E-state index contributed by atoms with van der Waals surface area (Å²) in [6.07, 6.45) is -16.5. The number of hydrogen-bond donors (Lipinski definition) is 20. The highest BCUT2D eigenvalue weighted by Crippen LogP contribution is 2.38. The van der Waals surface area contributed by atoms with Crippen molar-refractivity contribution in [2.75, 3.05) is 66.8 Å². The van der Waals surface area contributed by atoms with Crippen molar-refractivity contribution >= 4 is 112 Å². The molecule has 4 rings (SSSR count). The number of carbonyl (C=O) groups is 14. The molecule has 1 aliphatic carbocycles. The number of ketones is 5. The Morgan fingerprint density at radius 1 is 0.554 bits per heavy atom. The first-order chi connectivity index (χ1) is 52.9. The highest BCUT2D eigenvalue weighted by atomic mass is 32.1. The maximum Gasteiger partial charge on any atom is 0.319 e. The van der Waals surface area contributed by atoms with Crippen LogP contribution in [0.25, 0.3) is 0 Å². The molecular weight excluding hydrogens is 1490 g/mol. The van der Waals surface area contributed by atoms with Crippen molar-refractivity contribution in [2.24, 2.45) is 29.1 Å². The fourth-order valence-corrected chi connectivity index (χ4v) is 13.3. The van der Waals surface area contributed by atoms with Crippen molar-refractivity contribution in [3.8, 4) is 0 Å². The van der Waals surface area contributed by atoms with E-state index < -0.39 is 270 Å². The molecule has 1 saturated carbocycles. The molecule has 1 aliphatic heterocycles. The van der Waals surface area contributed by atoms with Gasteiger partial charge in [0, 0.05) is 130 Å². The maximum atomic E-state index is 14.6. The predicted octanol–water partition coefficient (Wildman–Crippen LogP) is 0.243. The highest BCUT2D eigenvalue weighted by Gasteiger charge is 2.41. The number of anilines is 3. The summed E-state index contributed by atoms with van der Waals surface area (Å²) >= 11 is 3.99. The Labute approximate surface area is 654 Å². The maximum absolute atomic E-state index is 14.6. The summed E-state index contributed by atoms with van der Waals surface area (Å²) in [7, 11) is 0. The van der Waals surface area contributed by atoms with Gasteiger partial charge < -0.3 is 108 Å². The van der Waals surface area contributed by atoms with Crippen molar-refractivity contribution in [1.82, 2.24) is 26.6 Å². The second-order valence-corrected chi connectivity index (χ2v) is 30.2. The van der Waals surface area contributed by atoms with E-state index in [0.29, 0.717) is 37.8 Å². The molecule has 0 spiro atoms. The Kier molecular flexibility index (Phi) is 41.6. The van der Waals surface area contributed by atoms with Gasteiger partial charge in [0.15, 0.2) is 11.6 Å². The minimum atomic E-state index is -2.11. The number of aliphatic hydroxyl groups excluding tert-OH is 10. The normalized spacial score (nSPS) is 17.5. The first-order valence-corrected chi connectivity index (χ1v) is 38.6. The van der Waals surface area contributed by atoms with Crippen LogP contribution in [0.3, 0.4) is 0 Å². The minimum absolute atomic E-state index is 0.0839. The summed E-state index contributed by atoms with van der Waals surface area (Å²) in [4.78, 5) is 192. The number of nitrogens with zero attached hydrogens (tertiary/aromatic N) is 2. The number of carbonyl (C=O) groups excluding carboxylic acids is 11. The van der Waals surface area contributed by atoms with Crippen molar-refractivity contribution in [1.29, 1.82) is 0 Å². The van der Waals surface area contributed by atoms with Crippen molar-refractivity contribution in [2.45, 2.75) is 235 Å². The van der Waals surface area contributed by atoms with Crippen molar-refractivity contribution in [3.05, 3.63) is 54.1 Å². The largest absolute Gasteiger partial charge is 0.481 e. The Morgan fingerprint density at radius 2 is 1.06 bits per heavy atom. The third-order valence-corrected chi connectivity index (χ3v) is 20.5. The van der Waals surface area contributed by atoms with Crippen LogP contribution in [-0.4, -0.2) is 267 Å². The van der Waals surface area contributed by atoms with Crippen LogP contribution in [0.15, 0.2) is 48.5 Å². The van der Waals surface area contributed by atoms with Gasteiger partial charge >= 0.3 is 23.9 Å². The fourth-order valence-electron chi connectivity index (χ4n) is 13.0. The van der Waals surface area contributed by atoms with Gasteiger partial charge in [0.1, 0.15) is 60.0 Å². The first-order valence-electron chi connectivity index (χ1n) is 37.9. The van der Waals surface area contributed by atoms with Crippen LogP contribution in [0, 0.1) is 29.1 Å². The number of thiol groups is 1. The molecule has 0 radical (unpaired) electrons. The number of fused-ring (bicyclic) bond motifs is 1. The molecule has 14 atom stereocenters. The van der Waals surface area contributed by atoms with E-state index in [4.69, 9.17) is 5.11 Å². The molecule has 7 amide bonds. The highest BCUT2D eigenvalue weighted by molar-refractivity contribution is 7.80. The van der Waals surface area contributed by atoms with Gasteiger partial charge in [-0.2, -0.15) is 12.6 Å². The summed E-state index contributed by atoms with van der Waals surface area (Å²) < 4.78 is 0. The lowest BCUT2D eigenvalue weighted by Gasteiger charge is -2.37. The molecule has 2 aromatic rings. The number of benzene rings is 2. The summed E-state index contributed by atoms with van der Waals surface area (Å²) in [6.45, 7) is 2.00. The molecule has 112 heavy (non-hydrogen) atoms. The Balaban J connectivity index is 1.43. The molecular formula is C76H114N8O27S. The number of rotatable bonds is 53. The van der Waals surface area contributed by atoms with Crippen molar-refractivity contribution < 1.29 is 134 Å². The van der Waals surface area contributed by atoms with Gasteiger partial charge in [-0.05, 0) is 81.7 Å². The molecule has 36 heteroatoms. The van der Waals surface area contributed by atoms with E-state index in [1.165, 1.54) is 11.0 Å². The Morgan fingerprint density at radius 3 is 1.61 bits per heavy atom. The number of aliphatic hydroxyl groups is 10. The van der Waals surface area contributed by atoms with Crippen LogP contribution in [0.1, 0.15) is 179 Å². The zero-order chi connectivity index (χ0) is 83.5. The summed E-state index contributed by atoms with van der Waals surface area (Å²) in [5.41, 5.74) is 1.13. The number of amides is 7. The number of Topliss-reactive ketones (excluding diaryl/α,β-unsaturated/α-hetero) is 5. The van der Waals surface area contributed by atoms with E-state index in [-0.39, 0.29) is 54.9 Å². The zero-order valence-electron chi connectivity index (χ0n) is 63.6. The molecule has 626 valence electrons. The van der Waals surface area contributed by atoms with Crippen molar-refractivity contribution in [3.63, 3.8) is 0 Å². The fraction of sp³-hybridized carbons (Fsp3) is 0.658. The van der Waals surface area contributed by atoms with E-state index in [1.54, 1.807) is 39.0 Å². The summed E-state index contributed by atoms with van der Waals surface area (Å²) in [6, 6.07) is 10.2. The lowest BCUT2D eigenvalue weighted by atomic mass is 9.81. The monoisotopic (exact) mass is 1600 g/mol. The Hall–Kier alpha value is -8.43. The molecule has 1 heterocycles. The van der Waals surface area contributed by atoms with Crippen LogP contribution in [0.5, 0.6) is 0 Å². The third-order valence-electron chi connectivity index (χ3n) is 20.0. The quantitative estimate of drug-likeness (QED) is 0.0312. The zero-order valence-corrected chi connectivity index (χ0v) is 64.5. The minimum Gasteiger partial charge on any atom is -0.481 e. The van der Waals surface area contributed by atoms with E-state index in [9.17, 15) is 128 Å². The lowest BCUT2D eigenvalue weighted by Crippen LogP contribution is -2.55. The molecule has 0 saturated heterocycles. The number of carboxylic acid groups (broad SMARTS) is 3. The average molecular weight is 1600 g/mol. The van der Waals surface area contributed by atoms with Crippen LogP contribution >= 0.6 is 12.6 Å². The van der Waals surface area contributed by atoms with Gasteiger partial charge in [-0.3, -0.25) is 62.3 Å². The molecule has 2 aliphatic rings. The molecule has 0 aromatic heterocycles. The summed E-state index contributed by atoms with van der Waals surface area (Å²) in [5, 5.41) is 143. The van der Waals surface area contributed by atoms with Gasteiger partial charge in [-0.15, -0.1) is 0 Å². The molecule has 2 aromatic carbocycles. The van der Waals surface area contributed by atoms with E-state index in [0.717, 1.165) is 37.8 Å². The van der Waals surface area contributed by atoms with E-state index in [1.807, 2.05) is 24.3 Å². The standard InChI is InChI=1S/C76H114N8O27S/c1-76(2,3)62(95)39-84-54-21-12-11-20-53(54)83(49-17-8-7-9-18-49)38-52(73(84)108)82-75(111)80-48-16-14-15-45(31-48)71(106)77-30-13-6-4-5-10-19-50(87)32-46(24-29-66(100)101)72(107)81-51(25-27-64(97)79-37-59(92)68(103)70(105)61(94)41-86)57(90)34-44(23-28-65(98)99)55(88)33-43(56(89)35-47(42-112)74(109)110)22-26-63(96)78-36-58(91)67(102)69(104)60(93)40-85/h11-12,14-16,20-21,31,43-44,46-47,49,51-52,58-61,67-70,85-86,91-94,102-105,112H,4-10,13,17-19,22-30,32-42H2,1-3H3,(H,77,106)(H,78,96)(H,79,97)(H,81,107)(H,98,99)(H,100,101)(H,109,110)(H2,80,82,111)/t43-,44-,46-,47-,51+,52+,58-,59-,60+,61+,67+,68+,69+,70+/m0/s1. The number of para-hydroxylation sites is 2. The van der Waals surface area contributed by atoms with Crippen LogP contribution < -0.4 is 41.7 Å². The van der Waals surface area contributed by atoms with Gasteiger partial charge in [-0.1, -0.05) is 77.5 Å². The summed E-state index contributed by atoms with van der Waals surface area (Å²) in [5.74, 6) is -17.9. The van der Waals surface area contributed by atoms with E-state index in [2.05, 4.69) is 49.4 Å². The molecule has 19 N–H and O–H groups in total. The Bertz CT molecular complexity index is 3480. The number of nitrogens with one attached hydrogen (secondary N) is 6. The topological polar surface area (TPSA) is 581 Å². The van der Waals surface area contributed by atoms with Gasteiger partial charge in [0.2, 0.25) is 17.7 Å². The third kappa shape index (κ3) is 32.6. The second kappa shape index (κ2) is 48.6. The molecule has 35 nitrogen and oxygen atoms in total. The van der Waals surface area contributed by atoms with Gasteiger partial charge in [0.25, 0.3) is 11.8 Å². The lowest BCUT2D eigenvalue weighted by molar-refractivity contribution is -0.143. The van der Waals surface area contributed by atoms with Gasteiger partial charge in [0.05, 0.1) is 55.3 Å². The molecule has 1 fully saturated rings. The van der Waals surface area contributed by atoms with Crippen LogP contribution in [-0.2, 0) is 57.5 Å². The van der Waals surface area contributed by atoms with Gasteiger partial charge in [-0.25, -0.2) is 4.79 Å².